The van der Waals surface area contributed by atoms with Gasteiger partial charge >= 0.3 is 6.03 Å². The van der Waals surface area contributed by atoms with Gasteiger partial charge < -0.3 is 21.7 Å². The Bertz CT molecular complexity index is 837. The molecule has 2 aliphatic carbocycles. The van der Waals surface area contributed by atoms with Gasteiger partial charge in [0, 0.05) is 23.1 Å². The number of para-hydroxylation sites is 1. The Morgan fingerprint density at radius 3 is 2.15 bits per heavy atom. The Kier molecular flexibility index (Phi) is 4.81. The van der Waals surface area contributed by atoms with Crippen molar-refractivity contribution in [2.75, 3.05) is 16.0 Å². The van der Waals surface area contributed by atoms with Crippen molar-refractivity contribution in [1.29, 1.82) is 0 Å². The molecule has 2 aromatic rings. The average molecular weight is 364 g/mol. The lowest BCUT2D eigenvalue weighted by Gasteiger charge is -2.27. The number of carbonyl (C=O) groups is 2. The highest BCUT2D eigenvalue weighted by Crippen LogP contribution is 2.47. The van der Waals surface area contributed by atoms with Crippen molar-refractivity contribution in [2.45, 2.75) is 25.3 Å². The fourth-order valence-corrected chi connectivity index (χ4v) is 4.44. The Labute approximate surface area is 158 Å². The van der Waals surface area contributed by atoms with Crippen molar-refractivity contribution in [3.8, 4) is 0 Å². The minimum absolute atomic E-state index is 0.0133. The molecule has 2 fully saturated rings. The molecule has 3 amide bonds. The first kappa shape index (κ1) is 17.5. The summed E-state index contributed by atoms with van der Waals surface area (Å²) in [4.78, 5) is 24.8. The number of hydrogen-bond acceptors (Lipinski definition) is 3. The maximum absolute atomic E-state index is 12.7. The Balaban J connectivity index is 1.37. The van der Waals surface area contributed by atoms with E-state index in [0.717, 1.165) is 19.3 Å². The number of amides is 3. The van der Waals surface area contributed by atoms with E-state index in [1.165, 1.54) is 0 Å². The lowest BCUT2D eigenvalue weighted by Crippen LogP contribution is -2.42. The summed E-state index contributed by atoms with van der Waals surface area (Å²) in [5, 5.41) is 8.52. The fraction of sp³-hybridized carbons (Fsp3) is 0.333. The van der Waals surface area contributed by atoms with Gasteiger partial charge in [0.2, 0.25) is 5.91 Å². The number of anilines is 3. The third kappa shape index (κ3) is 3.80. The van der Waals surface area contributed by atoms with Crippen LogP contribution < -0.4 is 21.7 Å². The molecule has 0 aliphatic heterocycles. The predicted molar refractivity (Wildman–Crippen MR) is 106 cm³/mol. The van der Waals surface area contributed by atoms with E-state index in [9.17, 15) is 9.59 Å². The highest BCUT2D eigenvalue weighted by Gasteiger charge is 2.49. The summed E-state index contributed by atoms with van der Waals surface area (Å²) in [7, 11) is 0. The molecule has 6 nitrogen and oxygen atoms in total. The number of nitrogens with one attached hydrogen (secondary N) is 3. The topological polar surface area (TPSA) is 96.2 Å². The summed E-state index contributed by atoms with van der Waals surface area (Å²) in [6.45, 7) is 0. The van der Waals surface area contributed by atoms with Crippen LogP contribution in [0.5, 0.6) is 0 Å². The first-order chi connectivity index (χ1) is 13.1. The van der Waals surface area contributed by atoms with Crippen LogP contribution in [0.1, 0.15) is 19.3 Å². The molecule has 2 aliphatic rings. The van der Waals surface area contributed by atoms with E-state index >= 15 is 0 Å². The van der Waals surface area contributed by atoms with Crippen LogP contribution >= 0.6 is 0 Å². The molecule has 2 bridgehead atoms. The number of nitrogens with two attached hydrogens (primary N) is 1. The Hall–Kier alpha value is -2.86. The monoisotopic (exact) mass is 364 g/mol. The summed E-state index contributed by atoms with van der Waals surface area (Å²) in [5.74, 6) is 0.769. The second-order valence-corrected chi connectivity index (χ2v) is 7.45. The molecule has 0 aromatic heterocycles. The number of hydrogen-bond donors (Lipinski definition) is 4. The van der Waals surface area contributed by atoms with Gasteiger partial charge in [-0.25, -0.2) is 4.79 Å². The highest BCUT2D eigenvalue weighted by molar-refractivity contribution is 6.00. The molecule has 5 N–H and O–H groups in total. The first-order valence-corrected chi connectivity index (χ1v) is 9.40. The summed E-state index contributed by atoms with van der Waals surface area (Å²) in [6, 6.07) is 16.0. The molecular formula is C21H24N4O2. The van der Waals surface area contributed by atoms with Gasteiger partial charge in [-0.3, -0.25) is 4.79 Å². The van der Waals surface area contributed by atoms with E-state index < -0.39 is 0 Å². The molecule has 2 saturated carbocycles. The molecule has 0 saturated heterocycles. The summed E-state index contributed by atoms with van der Waals surface area (Å²) >= 11 is 0. The zero-order valence-corrected chi connectivity index (χ0v) is 15.0. The molecule has 140 valence electrons. The van der Waals surface area contributed by atoms with Crippen LogP contribution in [0.3, 0.4) is 0 Å². The number of carbonyl (C=O) groups excluding carboxylic acids is 2. The second-order valence-electron chi connectivity index (χ2n) is 7.45. The predicted octanol–water partition coefficient (Wildman–Crippen LogP) is 3.64. The smallest absolute Gasteiger partial charge is 0.323 e. The van der Waals surface area contributed by atoms with Gasteiger partial charge in [0.05, 0.1) is 5.92 Å². The molecule has 0 spiro atoms. The third-order valence-electron chi connectivity index (χ3n) is 5.70. The summed E-state index contributed by atoms with van der Waals surface area (Å²) < 4.78 is 0. The van der Waals surface area contributed by atoms with E-state index in [1.54, 1.807) is 18.2 Å². The van der Waals surface area contributed by atoms with Gasteiger partial charge in [0.25, 0.3) is 0 Å². The van der Waals surface area contributed by atoms with E-state index in [1.807, 2.05) is 36.4 Å². The van der Waals surface area contributed by atoms with Crippen LogP contribution in [0.4, 0.5) is 21.9 Å². The molecule has 2 aromatic carbocycles. The number of fused-ring (bicyclic) bond motifs is 2. The molecule has 0 radical (unpaired) electrons. The van der Waals surface area contributed by atoms with Gasteiger partial charge in [-0.05, 0) is 61.4 Å². The normalized spacial score (nSPS) is 25.8. The minimum atomic E-state index is -0.334. The molecular weight excluding hydrogens is 340 g/mol. The number of rotatable bonds is 4. The van der Waals surface area contributed by atoms with Gasteiger partial charge in [0.15, 0.2) is 0 Å². The van der Waals surface area contributed by atoms with Crippen LogP contribution in [-0.2, 0) is 4.79 Å². The van der Waals surface area contributed by atoms with Crippen LogP contribution in [0.25, 0.3) is 0 Å². The van der Waals surface area contributed by atoms with Crippen LogP contribution in [-0.4, -0.2) is 18.0 Å². The zero-order valence-electron chi connectivity index (χ0n) is 15.0. The molecule has 4 unspecified atom stereocenters. The zero-order chi connectivity index (χ0) is 18.8. The molecule has 0 heterocycles. The SMILES string of the molecule is NC1C2CCC(C2)C1C(=O)Nc1cccc(NC(=O)Nc2ccccc2)c1. The van der Waals surface area contributed by atoms with Gasteiger partial charge in [-0.1, -0.05) is 24.3 Å². The highest BCUT2D eigenvalue weighted by atomic mass is 16.2. The Morgan fingerprint density at radius 1 is 0.815 bits per heavy atom. The molecule has 4 atom stereocenters. The lowest BCUT2D eigenvalue weighted by atomic mass is 9.84. The Morgan fingerprint density at radius 2 is 1.44 bits per heavy atom. The standard InChI is InChI=1S/C21H24N4O2/c22-19-14-10-9-13(11-14)18(19)20(26)23-16-7-4-8-17(12-16)25-21(27)24-15-5-2-1-3-6-15/h1-8,12-14,18-19H,9-11,22H2,(H,23,26)(H2,24,25,27). The second kappa shape index (κ2) is 7.40. The molecule has 6 heteroatoms. The lowest BCUT2D eigenvalue weighted by molar-refractivity contribution is -0.121. The largest absolute Gasteiger partial charge is 0.327 e. The van der Waals surface area contributed by atoms with Crippen molar-refractivity contribution >= 4 is 29.0 Å². The van der Waals surface area contributed by atoms with E-state index in [4.69, 9.17) is 5.73 Å². The van der Waals surface area contributed by atoms with E-state index in [-0.39, 0.29) is 23.9 Å². The van der Waals surface area contributed by atoms with Crippen LogP contribution in [0.15, 0.2) is 54.6 Å². The van der Waals surface area contributed by atoms with Gasteiger partial charge in [-0.2, -0.15) is 0 Å². The summed E-state index contributed by atoms with van der Waals surface area (Å²) in [5.41, 5.74) is 8.24. The first-order valence-electron chi connectivity index (χ1n) is 9.40. The average Bonchev–Trinajstić information content (AvgIpc) is 3.24. The van der Waals surface area contributed by atoms with Gasteiger partial charge in [0.1, 0.15) is 0 Å². The molecule has 4 rings (SSSR count). The molecule has 27 heavy (non-hydrogen) atoms. The van der Waals surface area contributed by atoms with E-state index in [2.05, 4.69) is 16.0 Å². The maximum Gasteiger partial charge on any atom is 0.323 e. The third-order valence-corrected chi connectivity index (χ3v) is 5.70. The minimum Gasteiger partial charge on any atom is -0.327 e. The van der Waals surface area contributed by atoms with Crippen molar-refractivity contribution in [3.05, 3.63) is 54.6 Å². The number of benzene rings is 2. The van der Waals surface area contributed by atoms with Crippen LogP contribution in [0.2, 0.25) is 0 Å². The van der Waals surface area contributed by atoms with Crippen molar-refractivity contribution in [1.82, 2.24) is 0 Å². The van der Waals surface area contributed by atoms with Gasteiger partial charge in [-0.15, -0.1) is 0 Å². The maximum atomic E-state index is 12.7. The quantitative estimate of drug-likeness (QED) is 0.667. The van der Waals surface area contributed by atoms with Crippen molar-refractivity contribution < 1.29 is 9.59 Å². The summed E-state index contributed by atoms with van der Waals surface area (Å²) in [6.07, 6.45) is 3.31. The van der Waals surface area contributed by atoms with Crippen molar-refractivity contribution in [3.63, 3.8) is 0 Å². The number of urea groups is 1. The van der Waals surface area contributed by atoms with E-state index in [0.29, 0.717) is 28.9 Å². The van der Waals surface area contributed by atoms with Crippen LogP contribution in [0, 0.1) is 17.8 Å². The fourth-order valence-electron chi connectivity index (χ4n) is 4.44. The van der Waals surface area contributed by atoms with Crippen molar-refractivity contribution in [2.24, 2.45) is 23.5 Å².